The highest BCUT2D eigenvalue weighted by molar-refractivity contribution is 5.97. The summed E-state index contributed by atoms with van der Waals surface area (Å²) >= 11 is 0. The molecule has 27 heavy (non-hydrogen) atoms. The molecule has 2 aliphatic rings. The first-order chi connectivity index (χ1) is 12.6. The first-order valence-corrected chi connectivity index (χ1v) is 9.92. The van der Waals surface area contributed by atoms with Gasteiger partial charge in [-0.25, -0.2) is 0 Å². The molecule has 0 bridgehead atoms. The molecule has 4 nitrogen and oxygen atoms in total. The van der Waals surface area contributed by atoms with Gasteiger partial charge in [0.05, 0.1) is 17.3 Å². The van der Waals surface area contributed by atoms with E-state index in [1.165, 1.54) is 0 Å². The summed E-state index contributed by atoms with van der Waals surface area (Å²) in [6.45, 7) is 7.91. The highest BCUT2D eigenvalue weighted by atomic mass is 16.5. The van der Waals surface area contributed by atoms with E-state index in [9.17, 15) is 15.0 Å². The largest absolute Gasteiger partial charge is 0.389 e. The molecule has 5 atom stereocenters. The Balaban J connectivity index is 1.87. The third-order valence-electron chi connectivity index (χ3n) is 6.65. The number of carbonyl (C=O) groups is 1. The number of aliphatic hydroxyl groups is 2. The average Bonchev–Trinajstić information content (AvgIpc) is 2.84. The Morgan fingerprint density at radius 3 is 2.44 bits per heavy atom. The van der Waals surface area contributed by atoms with E-state index in [4.69, 9.17) is 4.74 Å². The topological polar surface area (TPSA) is 66.8 Å². The molecule has 0 aromatic heterocycles. The molecule has 0 heterocycles. The molecular formula is C23H32O4. The van der Waals surface area contributed by atoms with E-state index >= 15 is 0 Å². The van der Waals surface area contributed by atoms with Crippen molar-refractivity contribution in [3.63, 3.8) is 0 Å². The van der Waals surface area contributed by atoms with Crippen LogP contribution in [0.25, 0.3) is 0 Å². The zero-order valence-electron chi connectivity index (χ0n) is 16.8. The van der Waals surface area contributed by atoms with Crippen LogP contribution in [0.2, 0.25) is 0 Å². The molecule has 0 spiro atoms. The molecule has 1 fully saturated rings. The fourth-order valence-corrected chi connectivity index (χ4v) is 4.94. The van der Waals surface area contributed by atoms with Gasteiger partial charge in [-0.05, 0) is 31.1 Å². The zero-order valence-corrected chi connectivity index (χ0v) is 16.8. The molecule has 1 saturated carbocycles. The van der Waals surface area contributed by atoms with Gasteiger partial charge < -0.3 is 14.9 Å². The van der Waals surface area contributed by atoms with Gasteiger partial charge in [0.1, 0.15) is 6.61 Å². The number of Topliss-reactive ketones (excluding diaryl/α,β-unsaturated/α-hetero) is 1. The smallest absolute Gasteiger partial charge is 0.188 e. The predicted molar refractivity (Wildman–Crippen MR) is 106 cm³/mol. The third kappa shape index (κ3) is 3.89. The molecule has 0 amide bonds. The van der Waals surface area contributed by atoms with Crippen molar-refractivity contribution in [2.24, 2.45) is 17.3 Å². The van der Waals surface area contributed by atoms with Crippen LogP contribution in [0.3, 0.4) is 0 Å². The second-order valence-electron chi connectivity index (χ2n) is 9.16. The van der Waals surface area contributed by atoms with Crippen LogP contribution < -0.4 is 0 Å². The number of hydrogen-bond donors (Lipinski definition) is 2. The van der Waals surface area contributed by atoms with Gasteiger partial charge in [-0.15, -0.1) is 0 Å². The number of allylic oxidation sites excluding steroid dienone is 1. The maximum absolute atomic E-state index is 12.5. The Labute approximate surface area is 162 Å². The highest BCUT2D eigenvalue weighted by Crippen LogP contribution is 2.57. The number of carbonyl (C=O) groups excluding carboxylic acids is 1. The lowest BCUT2D eigenvalue weighted by molar-refractivity contribution is -0.129. The molecule has 0 radical (unpaired) electrons. The molecular weight excluding hydrogens is 340 g/mol. The normalized spacial score (nSPS) is 38.6. The third-order valence-corrected chi connectivity index (χ3v) is 6.65. The molecule has 0 unspecified atom stereocenters. The van der Waals surface area contributed by atoms with Gasteiger partial charge in [-0.2, -0.15) is 0 Å². The molecule has 2 aliphatic carbocycles. The first-order valence-electron chi connectivity index (χ1n) is 9.92. The van der Waals surface area contributed by atoms with Gasteiger partial charge in [0.25, 0.3) is 0 Å². The summed E-state index contributed by atoms with van der Waals surface area (Å²) in [5, 5.41) is 22.2. The summed E-state index contributed by atoms with van der Waals surface area (Å²) in [6, 6.07) is 9.10. The number of benzene rings is 1. The van der Waals surface area contributed by atoms with E-state index in [2.05, 4.69) is 13.0 Å². The maximum atomic E-state index is 12.5. The molecule has 0 aliphatic heterocycles. The molecule has 1 aromatic rings. The summed E-state index contributed by atoms with van der Waals surface area (Å²) in [7, 11) is 0. The van der Waals surface area contributed by atoms with Gasteiger partial charge in [0.2, 0.25) is 0 Å². The minimum absolute atomic E-state index is 0.0501. The van der Waals surface area contributed by atoms with Gasteiger partial charge in [0, 0.05) is 17.9 Å². The van der Waals surface area contributed by atoms with Crippen LogP contribution in [0.15, 0.2) is 42.5 Å². The fourth-order valence-electron chi connectivity index (χ4n) is 4.94. The summed E-state index contributed by atoms with van der Waals surface area (Å²) in [5.74, 6) is -0.185. The van der Waals surface area contributed by atoms with Crippen molar-refractivity contribution in [2.45, 2.75) is 64.3 Å². The van der Waals surface area contributed by atoms with Crippen molar-refractivity contribution in [3.05, 3.63) is 48.0 Å². The van der Waals surface area contributed by atoms with Gasteiger partial charge in [0.15, 0.2) is 5.78 Å². The average molecular weight is 373 g/mol. The van der Waals surface area contributed by atoms with Crippen molar-refractivity contribution in [1.82, 2.24) is 0 Å². The first kappa shape index (κ1) is 20.2. The summed E-state index contributed by atoms with van der Waals surface area (Å²) in [4.78, 5) is 12.5. The molecule has 4 heteroatoms. The van der Waals surface area contributed by atoms with E-state index in [0.717, 1.165) is 6.42 Å². The lowest BCUT2D eigenvalue weighted by Crippen LogP contribution is -2.50. The quantitative estimate of drug-likeness (QED) is 0.610. The van der Waals surface area contributed by atoms with Crippen molar-refractivity contribution >= 4 is 5.78 Å². The minimum atomic E-state index is -1.02. The Bertz CT molecular complexity index is 708. The molecule has 148 valence electrons. The predicted octanol–water partition coefficient (Wildman–Crippen LogP) is 3.77. The molecule has 2 N–H and O–H groups in total. The van der Waals surface area contributed by atoms with Gasteiger partial charge >= 0.3 is 0 Å². The Morgan fingerprint density at radius 2 is 1.81 bits per heavy atom. The van der Waals surface area contributed by atoms with Crippen LogP contribution in [0, 0.1) is 17.3 Å². The van der Waals surface area contributed by atoms with E-state index in [1.54, 1.807) is 19.1 Å². The minimum Gasteiger partial charge on any atom is -0.389 e. The Hall–Kier alpha value is -1.49. The number of rotatable bonds is 5. The van der Waals surface area contributed by atoms with Crippen LogP contribution in [-0.4, -0.2) is 39.9 Å². The second kappa shape index (κ2) is 7.16. The summed E-state index contributed by atoms with van der Waals surface area (Å²) in [6.07, 6.45) is 5.40. The van der Waals surface area contributed by atoms with Crippen LogP contribution in [0.1, 0.15) is 57.3 Å². The standard InChI is InChI=1S/C23H32O4/c1-16(2)23(26)13-11-21(3)10-12-22(4,25)14-19(20(21)23)27-15-18(24)17-8-6-5-7-9-17/h5-10,12,16,19-20,25-26H,11,13-15H2,1-4H3/t19-,20+,21-,22+,23+/m0/s1. The van der Waals surface area contributed by atoms with E-state index < -0.39 is 17.3 Å². The summed E-state index contributed by atoms with van der Waals surface area (Å²) in [5.41, 5.74) is -1.55. The van der Waals surface area contributed by atoms with Crippen LogP contribution in [-0.2, 0) is 4.74 Å². The van der Waals surface area contributed by atoms with Crippen molar-refractivity contribution in [1.29, 1.82) is 0 Å². The lowest BCUT2D eigenvalue weighted by atomic mass is 9.68. The van der Waals surface area contributed by atoms with Crippen molar-refractivity contribution in [2.75, 3.05) is 6.61 Å². The Kier molecular flexibility index (Phi) is 5.37. The van der Waals surface area contributed by atoms with Crippen LogP contribution in [0.4, 0.5) is 0 Å². The van der Waals surface area contributed by atoms with Crippen LogP contribution in [0.5, 0.6) is 0 Å². The second-order valence-corrected chi connectivity index (χ2v) is 9.16. The molecule has 0 saturated heterocycles. The van der Waals surface area contributed by atoms with E-state index in [1.807, 2.05) is 38.1 Å². The maximum Gasteiger partial charge on any atom is 0.188 e. The van der Waals surface area contributed by atoms with Crippen molar-refractivity contribution in [3.8, 4) is 0 Å². The number of ketones is 1. The van der Waals surface area contributed by atoms with E-state index in [0.29, 0.717) is 18.4 Å². The van der Waals surface area contributed by atoms with Crippen LogP contribution >= 0.6 is 0 Å². The molecule has 3 rings (SSSR count). The zero-order chi connectivity index (χ0) is 19.9. The fraction of sp³-hybridized carbons (Fsp3) is 0.609. The Morgan fingerprint density at radius 1 is 1.15 bits per heavy atom. The van der Waals surface area contributed by atoms with E-state index in [-0.39, 0.29) is 29.6 Å². The highest BCUT2D eigenvalue weighted by Gasteiger charge is 2.59. The van der Waals surface area contributed by atoms with Gasteiger partial charge in [-0.3, -0.25) is 4.79 Å². The lowest BCUT2D eigenvalue weighted by Gasteiger charge is -2.43. The number of hydrogen-bond acceptors (Lipinski definition) is 4. The number of fused-ring (bicyclic) bond motifs is 1. The number of ether oxygens (including phenoxy) is 1. The molecule has 1 aromatic carbocycles. The SMILES string of the molecule is CC(C)[C@]1(O)CC[C@]2(C)C=C[C@@](C)(O)C[C@H](OCC(=O)c3ccccc3)[C@H]21. The van der Waals surface area contributed by atoms with Crippen molar-refractivity contribution < 1.29 is 19.7 Å². The summed E-state index contributed by atoms with van der Waals surface area (Å²) < 4.78 is 6.13. The monoisotopic (exact) mass is 372 g/mol. The van der Waals surface area contributed by atoms with Gasteiger partial charge in [-0.1, -0.05) is 63.3 Å².